The molecule has 7 aromatic carbocycles. The van der Waals surface area contributed by atoms with Crippen LogP contribution in [0.1, 0.15) is 11.1 Å². The fraction of sp³-hybridized carbons (Fsp3) is 0.0455. The van der Waals surface area contributed by atoms with E-state index < -0.39 is 7.92 Å². The Hall–Kier alpha value is -5.43. The van der Waals surface area contributed by atoms with E-state index in [9.17, 15) is 0 Å². The topological polar surface area (TPSA) is 9.86 Å². The minimum atomic E-state index is -0.676. The maximum Gasteiger partial charge on any atom is 0.0791 e. The van der Waals surface area contributed by atoms with E-state index in [1.54, 1.807) is 0 Å². The standard InChI is InChI=1S/C44H31N2P/c1-4-14-32(15-5-1)45-39-21-11-10-20-37(39)38-29-31-24-23-30-13-12-22-40-41(30)42(31)44(43(38)45)46(40)33-25-27-36(28-26-33)47(34-16-6-2-7-17-34)35-18-8-3-9-19-35/h1-22,25-29H,23-24H2. The van der Waals surface area contributed by atoms with Crippen molar-refractivity contribution in [3.63, 3.8) is 0 Å². The van der Waals surface area contributed by atoms with Gasteiger partial charge in [0.1, 0.15) is 0 Å². The van der Waals surface area contributed by atoms with Crippen molar-refractivity contribution in [2.45, 2.75) is 12.8 Å². The Morgan fingerprint density at radius 1 is 0.383 bits per heavy atom. The molecule has 0 aliphatic heterocycles. The van der Waals surface area contributed by atoms with Crippen LogP contribution >= 0.6 is 7.92 Å². The number of nitrogens with zero attached hydrogens (tertiary/aromatic N) is 2. The molecular weight excluding hydrogens is 587 g/mol. The Bertz CT molecular complexity index is 2560. The summed E-state index contributed by atoms with van der Waals surface area (Å²) in [6.45, 7) is 0. The van der Waals surface area contributed by atoms with Gasteiger partial charge in [0.05, 0.1) is 22.1 Å². The van der Waals surface area contributed by atoms with Gasteiger partial charge in [-0.05, 0) is 90.3 Å². The molecule has 0 unspecified atom stereocenters. The third kappa shape index (κ3) is 4.02. The van der Waals surface area contributed by atoms with Crippen LogP contribution in [0.4, 0.5) is 0 Å². The average Bonchev–Trinajstić information content (AvgIpc) is 3.66. The number of aromatic nitrogens is 2. The summed E-state index contributed by atoms with van der Waals surface area (Å²) in [5.41, 5.74) is 10.4. The summed E-state index contributed by atoms with van der Waals surface area (Å²) >= 11 is 0. The van der Waals surface area contributed by atoms with E-state index in [1.165, 1.54) is 82.0 Å². The maximum atomic E-state index is 2.56. The van der Waals surface area contributed by atoms with Crippen molar-refractivity contribution in [3.05, 3.63) is 175 Å². The minimum Gasteiger partial charge on any atom is -0.307 e. The smallest absolute Gasteiger partial charge is 0.0791 e. The van der Waals surface area contributed by atoms with Crippen molar-refractivity contribution < 1.29 is 0 Å². The highest BCUT2D eigenvalue weighted by molar-refractivity contribution is 7.79. The van der Waals surface area contributed by atoms with Gasteiger partial charge < -0.3 is 9.13 Å². The molecule has 47 heavy (non-hydrogen) atoms. The van der Waals surface area contributed by atoms with Gasteiger partial charge in [-0.3, -0.25) is 0 Å². The van der Waals surface area contributed by atoms with Crippen LogP contribution in [0.5, 0.6) is 0 Å². The third-order valence-electron chi connectivity index (χ3n) is 9.93. The van der Waals surface area contributed by atoms with Crippen LogP contribution in [-0.4, -0.2) is 9.13 Å². The van der Waals surface area contributed by atoms with Gasteiger partial charge in [-0.2, -0.15) is 0 Å². The lowest BCUT2D eigenvalue weighted by Gasteiger charge is -2.20. The molecule has 0 amide bonds. The Labute approximate surface area is 274 Å². The van der Waals surface area contributed by atoms with Crippen molar-refractivity contribution in [1.82, 2.24) is 9.13 Å². The fourth-order valence-electron chi connectivity index (χ4n) is 7.98. The number of benzene rings is 7. The first kappa shape index (κ1) is 26.8. The van der Waals surface area contributed by atoms with Gasteiger partial charge in [0.25, 0.3) is 0 Å². The van der Waals surface area contributed by atoms with E-state index in [0.29, 0.717) is 0 Å². The van der Waals surface area contributed by atoms with Crippen LogP contribution < -0.4 is 15.9 Å². The summed E-state index contributed by atoms with van der Waals surface area (Å²) in [4.78, 5) is 0. The number of para-hydroxylation sites is 2. The molecule has 9 aromatic rings. The van der Waals surface area contributed by atoms with E-state index in [-0.39, 0.29) is 0 Å². The lowest BCUT2D eigenvalue weighted by molar-refractivity contribution is 0.971. The van der Waals surface area contributed by atoms with Gasteiger partial charge in [-0.25, -0.2) is 0 Å². The second-order valence-electron chi connectivity index (χ2n) is 12.5. The van der Waals surface area contributed by atoms with Gasteiger partial charge in [0, 0.05) is 32.9 Å². The molecule has 3 heteroatoms. The first-order chi connectivity index (χ1) is 23.3. The van der Waals surface area contributed by atoms with Crippen LogP contribution in [0, 0.1) is 0 Å². The van der Waals surface area contributed by atoms with Crippen LogP contribution in [0.25, 0.3) is 55.0 Å². The third-order valence-corrected chi connectivity index (χ3v) is 12.4. The van der Waals surface area contributed by atoms with Crippen molar-refractivity contribution in [2.75, 3.05) is 0 Å². The predicted molar refractivity (Wildman–Crippen MR) is 201 cm³/mol. The van der Waals surface area contributed by atoms with Gasteiger partial charge in [0.2, 0.25) is 0 Å². The molecule has 0 radical (unpaired) electrons. The summed E-state index contributed by atoms with van der Waals surface area (Å²) in [5, 5.41) is 9.55. The molecular formula is C44H31N2P. The first-order valence-electron chi connectivity index (χ1n) is 16.4. The van der Waals surface area contributed by atoms with Crippen molar-refractivity contribution >= 4 is 67.4 Å². The van der Waals surface area contributed by atoms with Gasteiger partial charge in [0.15, 0.2) is 0 Å². The van der Waals surface area contributed by atoms with Crippen LogP contribution in [0.2, 0.25) is 0 Å². The average molecular weight is 619 g/mol. The first-order valence-corrected chi connectivity index (χ1v) is 17.8. The Kier molecular flexibility index (Phi) is 6.01. The second-order valence-corrected chi connectivity index (χ2v) is 14.7. The molecule has 2 heterocycles. The van der Waals surface area contributed by atoms with Crippen molar-refractivity contribution in [1.29, 1.82) is 0 Å². The van der Waals surface area contributed by atoms with E-state index in [0.717, 1.165) is 12.8 Å². The molecule has 222 valence electrons. The number of hydrogen-bond donors (Lipinski definition) is 0. The highest BCUT2D eigenvalue weighted by Gasteiger charge is 2.27. The molecule has 2 nitrogen and oxygen atoms in total. The summed E-state index contributed by atoms with van der Waals surface area (Å²) in [7, 11) is -0.676. The van der Waals surface area contributed by atoms with E-state index >= 15 is 0 Å². The molecule has 0 saturated heterocycles. The normalized spacial score (nSPS) is 12.7. The molecule has 0 spiro atoms. The largest absolute Gasteiger partial charge is 0.307 e. The summed E-state index contributed by atoms with van der Waals surface area (Å²) in [6, 6.07) is 60.6. The predicted octanol–water partition coefficient (Wildman–Crippen LogP) is 9.74. The zero-order chi connectivity index (χ0) is 30.9. The van der Waals surface area contributed by atoms with Crippen LogP contribution in [0.3, 0.4) is 0 Å². The lowest BCUT2D eigenvalue weighted by atomic mass is 9.90. The lowest BCUT2D eigenvalue weighted by Crippen LogP contribution is -2.20. The Morgan fingerprint density at radius 3 is 1.66 bits per heavy atom. The molecule has 0 saturated carbocycles. The number of rotatable bonds is 5. The van der Waals surface area contributed by atoms with Crippen LogP contribution in [0.15, 0.2) is 164 Å². The Balaban J connectivity index is 1.29. The summed E-state index contributed by atoms with van der Waals surface area (Å²) in [6.07, 6.45) is 2.13. The molecule has 0 fully saturated rings. The molecule has 0 atom stereocenters. The van der Waals surface area contributed by atoms with E-state index in [1.807, 2.05) is 0 Å². The molecule has 0 N–H and O–H groups in total. The molecule has 10 rings (SSSR count). The monoisotopic (exact) mass is 618 g/mol. The SMILES string of the molecule is c1ccc(-n2c3ccccc3c3cc4c5c6c(cccc6n(-c6ccc(P(c7ccccc7)c7ccccc7)cc6)c5c32)CC4)cc1. The quantitative estimate of drug-likeness (QED) is 0.170. The molecule has 1 aliphatic rings. The van der Waals surface area contributed by atoms with Gasteiger partial charge >= 0.3 is 0 Å². The molecule has 1 aliphatic carbocycles. The van der Waals surface area contributed by atoms with Gasteiger partial charge in [-0.1, -0.05) is 121 Å². The van der Waals surface area contributed by atoms with Gasteiger partial charge in [-0.15, -0.1) is 0 Å². The van der Waals surface area contributed by atoms with E-state index in [4.69, 9.17) is 0 Å². The molecule has 0 bridgehead atoms. The summed E-state index contributed by atoms with van der Waals surface area (Å²) < 4.78 is 5.05. The molecule has 2 aromatic heterocycles. The number of fused-ring (bicyclic) bond motifs is 4. The van der Waals surface area contributed by atoms with Crippen molar-refractivity contribution in [3.8, 4) is 11.4 Å². The van der Waals surface area contributed by atoms with Crippen LogP contribution in [-0.2, 0) is 12.8 Å². The zero-order valence-electron chi connectivity index (χ0n) is 25.8. The second kappa shape index (κ2) is 10.6. The zero-order valence-corrected chi connectivity index (χ0v) is 26.7. The summed E-state index contributed by atoms with van der Waals surface area (Å²) in [5.74, 6) is 0. The number of aryl methyl sites for hydroxylation is 2. The van der Waals surface area contributed by atoms with E-state index in [2.05, 4.69) is 173 Å². The van der Waals surface area contributed by atoms with Crippen molar-refractivity contribution in [2.24, 2.45) is 0 Å². The maximum absolute atomic E-state index is 2.56. The fourth-order valence-corrected chi connectivity index (χ4v) is 10.3. The highest BCUT2D eigenvalue weighted by atomic mass is 31.1. The highest BCUT2D eigenvalue weighted by Crippen LogP contribution is 2.46. The minimum absolute atomic E-state index is 0.676. The Morgan fingerprint density at radius 2 is 0.936 bits per heavy atom. The number of hydrogen-bond acceptors (Lipinski definition) is 0.